The predicted molar refractivity (Wildman–Crippen MR) is 99.4 cm³/mol. The standard InChI is InChI=1S/C20H31N3O2/c1-20(2)15-22(12-9-18(20)21)13-16-7-3-4-8-17(16)25-14-19(24)23-10-5-6-11-23/h3-4,7-8,18H,5-6,9-15,21H2,1-2H3. The van der Waals surface area contributed by atoms with E-state index in [-0.39, 0.29) is 24.0 Å². The van der Waals surface area contributed by atoms with Gasteiger partial charge in [-0.1, -0.05) is 32.0 Å². The molecule has 138 valence electrons. The fourth-order valence-electron chi connectivity index (χ4n) is 3.83. The molecule has 0 spiro atoms. The molecule has 5 heteroatoms. The van der Waals surface area contributed by atoms with Gasteiger partial charge in [-0.3, -0.25) is 9.69 Å². The highest BCUT2D eigenvalue weighted by Gasteiger charge is 2.33. The number of carbonyl (C=O) groups is 1. The largest absolute Gasteiger partial charge is 0.483 e. The molecule has 3 rings (SSSR count). The summed E-state index contributed by atoms with van der Waals surface area (Å²) in [6.07, 6.45) is 3.23. The highest BCUT2D eigenvalue weighted by Crippen LogP contribution is 2.30. The Bertz CT molecular complexity index is 596. The fraction of sp³-hybridized carbons (Fsp3) is 0.650. The van der Waals surface area contributed by atoms with Gasteiger partial charge in [0.05, 0.1) is 0 Å². The molecular weight excluding hydrogens is 314 g/mol. The lowest BCUT2D eigenvalue weighted by Gasteiger charge is -2.42. The van der Waals surface area contributed by atoms with Crippen molar-refractivity contribution in [1.29, 1.82) is 0 Å². The lowest BCUT2D eigenvalue weighted by molar-refractivity contribution is -0.132. The number of para-hydroxylation sites is 1. The lowest BCUT2D eigenvalue weighted by Crippen LogP contribution is -2.52. The molecule has 0 aromatic heterocycles. The van der Waals surface area contributed by atoms with E-state index in [2.05, 4.69) is 24.8 Å². The van der Waals surface area contributed by atoms with Gasteiger partial charge in [0.25, 0.3) is 5.91 Å². The molecule has 1 aromatic carbocycles. The van der Waals surface area contributed by atoms with Crippen molar-refractivity contribution in [2.75, 3.05) is 32.8 Å². The van der Waals surface area contributed by atoms with Crippen molar-refractivity contribution in [3.63, 3.8) is 0 Å². The fourth-order valence-corrected chi connectivity index (χ4v) is 3.83. The molecule has 0 bridgehead atoms. The van der Waals surface area contributed by atoms with Crippen LogP contribution in [0.2, 0.25) is 0 Å². The number of nitrogens with two attached hydrogens (primary N) is 1. The Hall–Kier alpha value is -1.59. The highest BCUT2D eigenvalue weighted by atomic mass is 16.5. The molecule has 5 nitrogen and oxygen atoms in total. The maximum absolute atomic E-state index is 12.2. The van der Waals surface area contributed by atoms with Crippen molar-refractivity contribution in [3.05, 3.63) is 29.8 Å². The van der Waals surface area contributed by atoms with Gasteiger partial charge >= 0.3 is 0 Å². The molecule has 0 saturated carbocycles. The zero-order valence-electron chi connectivity index (χ0n) is 15.5. The molecule has 1 amide bonds. The summed E-state index contributed by atoms with van der Waals surface area (Å²) < 4.78 is 5.88. The second-order valence-electron chi connectivity index (χ2n) is 8.08. The minimum atomic E-state index is 0.0948. The van der Waals surface area contributed by atoms with E-state index in [1.165, 1.54) is 0 Å². The Labute approximate surface area is 151 Å². The first-order valence-electron chi connectivity index (χ1n) is 9.42. The topological polar surface area (TPSA) is 58.8 Å². The quantitative estimate of drug-likeness (QED) is 0.889. The van der Waals surface area contributed by atoms with Crippen molar-refractivity contribution in [2.24, 2.45) is 11.1 Å². The number of hydrogen-bond acceptors (Lipinski definition) is 4. The second kappa shape index (κ2) is 7.75. The molecule has 2 aliphatic heterocycles. The third kappa shape index (κ3) is 4.53. The van der Waals surface area contributed by atoms with Crippen LogP contribution in [0.5, 0.6) is 5.75 Å². The molecule has 2 fully saturated rings. The minimum Gasteiger partial charge on any atom is -0.483 e. The Kier molecular flexibility index (Phi) is 5.64. The number of rotatable bonds is 5. The number of likely N-dealkylation sites (tertiary alicyclic amines) is 2. The first kappa shape index (κ1) is 18.2. The number of benzene rings is 1. The van der Waals surface area contributed by atoms with Crippen LogP contribution >= 0.6 is 0 Å². The van der Waals surface area contributed by atoms with E-state index in [1.807, 2.05) is 23.1 Å². The molecule has 2 saturated heterocycles. The SMILES string of the molecule is CC1(C)CN(Cc2ccccc2OCC(=O)N2CCCC2)CCC1N. The van der Waals surface area contributed by atoms with Crippen molar-refractivity contribution in [3.8, 4) is 5.75 Å². The normalized spacial score (nSPS) is 23.6. The molecule has 2 N–H and O–H groups in total. The summed E-state index contributed by atoms with van der Waals surface area (Å²) in [5, 5.41) is 0. The lowest BCUT2D eigenvalue weighted by atomic mass is 9.79. The van der Waals surface area contributed by atoms with Crippen molar-refractivity contribution >= 4 is 5.91 Å². The van der Waals surface area contributed by atoms with E-state index < -0.39 is 0 Å². The van der Waals surface area contributed by atoms with Crippen LogP contribution in [-0.4, -0.2) is 54.5 Å². The van der Waals surface area contributed by atoms with E-state index in [0.29, 0.717) is 0 Å². The molecule has 0 aliphatic carbocycles. The summed E-state index contributed by atoms with van der Waals surface area (Å²) >= 11 is 0. The Morgan fingerprint density at radius 1 is 1.24 bits per heavy atom. The molecule has 2 aliphatic rings. The summed E-state index contributed by atoms with van der Waals surface area (Å²) in [6.45, 7) is 9.17. The third-order valence-corrected chi connectivity index (χ3v) is 5.57. The molecule has 1 aromatic rings. The van der Waals surface area contributed by atoms with Gasteiger partial charge in [-0.15, -0.1) is 0 Å². The van der Waals surface area contributed by atoms with Crippen LogP contribution in [0.4, 0.5) is 0 Å². The van der Waals surface area contributed by atoms with Gasteiger partial charge in [-0.2, -0.15) is 0 Å². The Balaban J connectivity index is 1.60. The van der Waals surface area contributed by atoms with Gasteiger partial charge in [0.2, 0.25) is 0 Å². The van der Waals surface area contributed by atoms with E-state index in [0.717, 1.165) is 63.3 Å². The summed E-state index contributed by atoms with van der Waals surface area (Å²) in [5.41, 5.74) is 7.51. The van der Waals surface area contributed by atoms with Gasteiger partial charge in [0, 0.05) is 44.3 Å². The average molecular weight is 345 g/mol. The molecule has 0 radical (unpaired) electrons. The Morgan fingerprint density at radius 3 is 2.68 bits per heavy atom. The summed E-state index contributed by atoms with van der Waals surface area (Å²) in [7, 11) is 0. The van der Waals surface area contributed by atoms with Gasteiger partial charge in [-0.25, -0.2) is 0 Å². The smallest absolute Gasteiger partial charge is 0.260 e. The number of hydrogen-bond donors (Lipinski definition) is 1. The van der Waals surface area contributed by atoms with Crippen LogP contribution in [0, 0.1) is 5.41 Å². The van der Waals surface area contributed by atoms with Crippen LogP contribution in [0.25, 0.3) is 0 Å². The molecule has 2 heterocycles. The first-order valence-corrected chi connectivity index (χ1v) is 9.42. The second-order valence-corrected chi connectivity index (χ2v) is 8.08. The molecule has 1 atom stereocenters. The van der Waals surface area contributed by atoms with E-state index >= 15 is 0 Å². The highest BCUT2D eigenvalue weighted by molar-refractivity contribution is 5.78. The number of piperidine rings is 1. The van der Waals surface area contributed by atoms with Gasteiger partial charge in [-0.05, 0) is 30.7 Å². The number of ether oxygens (including phenoxy) is 1. The van der Waals surface area contributed by atoms with Crippen LogP contribution in [-0.2, 0) is 11.3 Å². The van der Waals surface area contributed by atoms with Gasteiger partial charge < -0.3 is 15.4 Å². The van der Waals surface area contributed by atoms with Crippen molar-refractivity contribution in [2.45, 2.75) is 45.7 Å². The molecule has 25 heavy (non-hydrogen) atoms. The number of carbonyl (C=O) groups excluding carboxylic acids is 1. The monoisotopic (exact) mass is 345 g/mol. The van der Waals surface area contributed by atoms with Gasteiger partial charge in [0.15, 0.2) is 6.61 Å². The van der Waals surface area contributed by atoms with Crippen LogP contribution in [0.15, 0.2) is 24.3 Å². The van der Waals surface area contributed by atoms with Crippen LogP contribution in [0.3, 0.4) is 0 Å². The summed E-state index contributed by atoms with van der Waals surface area (Å²) in [4.78, 5) is 16.6. The zero-order chi connectivity index (χ0) is 17.9. The van der Waals surface area contributed by atoms with Crippen molar-refractivity contribution in [1.82, 2.24) is 9.80 Å². The van der Waals surface area contributed by atoms with Crippen LogP contribution < -0.4 is 10.5 Å². The molecule has 1 unspecified atom stereocenters. The first-order chi connectivity index (χ1) is 12.0. The summed E-state index contributed by atoms with van der Waals surface area (Å²) in [5.74, 6) is 0.917. The average Bonchev–Trinajstić information content (AvgIpc) is 3.11. The maximum atomic E-state index is 12.2. The summed E-state index contributed by atoms with van der Waals surface area (Å²) in [6, 6.07) is 8.32. The van der Waals surface area contributed by atoms with Crippen LogP contribution in [0.1, 0.15) is 38.7 Å². The van der Waals surface area contributed by atoms with E-state index in [4.69, 9.17) is 10.5 Å². The number of nitrogens with zero attached hydrogens (tertiary/aromatic N) is 2. The Morgan fingerprint density at radius 2 is 1.96 bits per heavy atom. The molecular formula is C20H31N3O2. The van der Waals surface area contributed by atoms with E-state index in [1.54, 1.807) is 0 Å². The number of amides is 1. The third-order valence-electron chi connectivity index (χ3n) is 5.57. The maximum Gasteiger partial charge on any atom is 0.260 e. The van der Waals surface area contributed by atoms with E-state index in [9.17, 15) is 4.79 Å². The zero-order valence-corrected chi connectivity index (χ0v) is 15.5. The predicted octanol–water partition coefficient (Wildman–Crippen LogP) is 2.25. The minimum absolute atomic E-state index is 0.0948. The van der Waals surface area contributed by atoms with Crippen molar-refractivity contribution < 1.29 is 9.53 Å². The van der Waals surface area contributed by atoms with Gasteiger partial charge in [0.1, 0.15) is 5.75 Å².